The van der Waals surface area contributed by atoms with E-state index < -0.39 is 5.82 Å². The minimum atomic E-state index is -0.409. The molecule has 0 bridgehead atoms. The van der Waals surface area contributed by atoms with Gasteiger partial charge in [-0.15, -0.1) is 0 Å². The fourth-order valence-corrected chi connectivity index (χ4v) is 2.02. The van der Waals surface area contributed by atoms with Crippen molar-refractivity contribution in [1.82, 2.24) is 0 Å². The largest absolute Gasteiger partial charge is 0.490 e. The number of benzene rings is 2. The van der Waals surface area contributed by atoms with Crippen LogP contribution in [0.5, 0.6) is 11.5 Å². The molecule has 0 radical (unpaired) electrons. The molecule has 0 saturated carbocycles. The van der Waals surface area contributed by atoms with Gasteiger partial charge in [-0.3, -0.25) is 0 Å². The van der Waals surface area contributed by atoms with Crippen LogP contribution in [0.3, 0.4) is 0 Å². The average Bonchev–Trinajstić information content (AvgIpc) is 2.46. The lowest BCUT2D eigenvalue weighted by atomic mass is 10.1. The minimum Gasteiger partial charge on any atom is -0.490 e. The predicted octanol–water partition coefficient (Wildman–Crippen LogP) is 4.07. The number of hydrogen-bond donors (Lipinski definition) is 1. The molecule has 2 N–H and O–H groups in total. The molecule has 1 atom stereocenters. The molecule has 0 amide bonds. The number of halogens is 2. The summed E-state index contributed by atoms with van der Waals surface area (Å²) >= 11 is 3.35. The van der Waals surface area contributed by atoms with Gasteiger partial charge in [-0.2, -0.15) is 0 Å². The lowest BCUT2D eigenvalue weighted by Gasteiger charge is -2.11. The highest BCUT2D eigenvalue weighted by atomic mass is 79.9. The third kappa shape index (κ3) is 4.72. The molecule has 0 spiro atoms. The Balaban J connectivity index is 1.82. The van der Waals surface area contributed by atoms with Gasteiger partial charge in [0.25, 0.3) is 0 Å². The first-order valence-corrected chi connectivity index (χ1v) is 7.42. The molecular formula is C16H17BrFNO2. The Morgan fingerprint density at radius 2 is 1.76 bits per heavy atom. The molecule has 2 aromatic carbocycles. The van der Waals surface area contributed by atoms with Crippen molar-refractivity contribution in [3.8, 4) is 11.5 Å². The highest BCUT2D eigenvalue weighted by Crippen LogP contribution is 2.21. The van der Waals surface area contributed by atoms with E-state index in [4.69, 9.17) is 15.2 Å². The first kappa shape index (κ1) is 15.8. The standard InChI is InChI=1S/C16H17BrFNO2/c1-11(19)12-2-7-16(15(18)10-12)21-9-8-20-14-5-3-13(17)4-6-14/h2-7,10-11H,8-9,19H2,1H3. The summed E-state index contributed by atoms with van der Waals surface area (Å²) in [5.74, 6) is 0.543. The number of rotatable bonds is 6. The third-order valence-electron chi connectivity index (χ3n) is 2.90. The van der Waals surface area contributed by atoms with Gasteiger partial charge in [0.15, 0.2) is 11.6 Å². The summed E-state index contributed by atoms with van der Waals surface area (Å²) in [6, 6.07) is 12.0. The van der Waals surface area contributed by atoms with Gasteiger partial charge < -0.3 is 15.2 Å². The normalized spacial score (nSPS) is 12.0. The van der Waals surface area contributed by atoms with E-state index in [1.165, 1.54) is 6.07 Å². The van der Waals surface area contributed by atoms with E-state index in [0.29, 0.717) is 6.61 Å². The van der Waals surface area contributed by atoms with Gasteiger partial charge in [0, 0.05) is 10.5 Å². The Bertz CT molecular complexity index is 587. The molecule has 2 rings (SSSR count). The molecule has 3 nitrogen and oxygen atoms in total. The minimum absolute atomic E-state index is 0.200. The van der Waals surface area contributed by atoms with Gasteiger partial charge in [0.1, 0.15) is 19.0 Å². The Morgan fingerprint density at radius 3 is 2.38 bits per heavy atom. The molecule has 0 aliphatic heterocycles. The highest BCUT2D eigenvalue weighted by Gasteiger charge is 2.07. The van der Waals surface area contributed by atoms with Gasteiger partial charge >= 0.3 is 0 Å². The molecule has 0 saturated heterocycles. The van der Waals surface area contributed by atoms with E-state index in [1.54, 1.807) is 19.1 Å². The van der Waals surface area contributed by atoms with Crippen molar-refractivity contribution < 1.29 is 13.9 Å². The van der Waals surface area contributed by atoms with Gasteiger partial charge in [0.05, 0.1) is 0 Å². The fraction of sp³-hybridized carbons (Fsp3) is 0.250. The summed E-state index contributed by atoms with van der Waals surface area (Å²) < 4.78 is 25.6. The van der Waals surface area contributed by atoms with Crippen LogP contribution in [0.1, 0.15) is 18.5 Å². The molecule has 2 aromatic rings. The third-order valence-corrected chi connectivity index (χ3v) is 3.43. The van der Waals surface area contributed by atoms with Crippen molar-refractivity contribution in [2.45, 2.75) is 13.0 Å². The lowest BCUT2D eigenvalue weighted by molar-refractivity contribution is 0.211. The maximum atomic E-state index is 13.8. The Hall–Kier alpha value is -1.59. The first-order chi connectivity index (χ1) is 10.1. The second-order valence-corrected chi connectivity index (χ2v) is 5.55. The summed E-state index contributed by atoms with van der Waals surface area (Å²) in [4.78, 5) is 0. The molecule has 5 heteroatoms. The second kappa shape index (κ2) is 7.43. The predicted molar refractivity (Wildman–Crippen MR) is 84.1 cm³/mol. The van der Waals surface area contributed by atoms with E-state index in [0.717, 1.165) is 15.8 Å². The molecule has 21 heavy (non-hydrogen) atoms. The highest BCUT2D eigenvalue weighted by molar-refractivity contribution is 9.10. The van der Waals surface area contributed by atoms with Crippen molar-refractivity contribution in [2.24, 2.45) is 5.73 Å². The molecule has 0 fully saturated rings. The first-order valence-electron chi connectivity index (χ1n) is 6.62. The van der Waals surface area contributed by atoms with E-state index in [-0.39, 0.29) is 18.4 Å². The number of nitrogens with two attached hydrogens (primary N) is 1. The van der Waals surface area contributed by atoms with Gasteiger partial charge in [0.2, 0.25) is 0 Å². The van der Waals surface area contributed by atoms with E-state index >= 15 is 0 Å². The summed E-state index contributed by atoms with van der Waals surface area (Å²) in [5, 5.41) is 0. The molecule has 112 valence electrons. The monoisotopic (exact) mass is 353 g/mol. The maximum Gasteiger partial charge on any atom is 0.165 e. The average molecular weight is 354 g/mol. The zero-order valence-electron chi connectivity index (χ0n) is 11.7. The lowest BCUT2D eigenvalue weighted by Crippen LogP contribution is -2.10. The van der Waals surface area contributed by atoms with Crippen molar-refractivity contribution >= 4 is 15.9 Å². The Labute approximate surface area is 132 Å². The smallest absolute Gasteiger partial charge is 0.165 e. The van der Waals surface area contributed by atoms with E-state index in [2.05, 4.69) is 15.9 Å². The quantitative estimate of drug-likeness (QED) is 0.796. The van der Waals surface area contributed by atoms with Crippen molar-refractivity contribution in [3.63, 3.8) is 0 Å². The summed E-state index contributed by atoms with van der Waals surface area (Å²) in [7, 11) is 0. The van der Waals surface area contributed by atoms with E-state index in [1.807, 2.05) is 24.3 Å². The Kier molecular flexibility index (Phi) is 5.59. The summed E-state index contributed by atoms with van der Waals surface area (Å²) in [5.41, 5.74) is 6.44. The molecule has 0 aliphatic carbocycles. The van der Waals surface area contributed by atoms with Crippen LogP contribution in [0.25, 0.3) is 0 Å². The second-order valence-electron chi connectivity index (χ2n) is 4.63. The van der Waals surface area contributed by atoms with Crippen molar-refractivity contribution in [2.75, 3.05) is 13.2 Å². The van der Waals surface area contributed by atoms with E-state index in [9.17, 15) is 4.39 Å². The fourth-order valence-electron chi connectivity index (χ4n) is 1.76. The molecular weight excluding hydrogens is 337 g/mol. The van der Waals surface area contributed by atoms with Crippen molar-refractivity contribution in [3.05, 3.63) is 58.3 Å². The molecule has 0 aromatic heterocycles. The molecule has 0 aliphatic rings. The summed E-state index contributed by atoms with van der Waals surface area (Å²) in [6.07, 6.45) is 0. The van der Waals surface area contributed by atoms with Crippen molar-refractivity contribution in [1.29, 1.82) is 0 Å². The molecule has 0 heterocycles. The summed E-state index contributed by atoms with van der Waals surface area (Å²) in [6.45, 7) is 2.42. The van der Waals surface area contributed by atoms with Crippen LogP contribution in [0.4, 0.5) is 4.39 Å². The van der Waals surface area contributed by atoms with Crippen LogP contribution in [0.2, 0.25) is 0 Å². The number of ether oxygens (including phenoxy) is 2. The molecule has 1 unspecified atom stereocenters. The van der Waals surface area contributed by atoms with Crippen LogP contribution < -0.4 is 15.2 Å². The topological polar surface area (TPSA) is 44.5 Å². The number of hydrogen-bond acceptors (Lipinski definition) is 3. The van der Waals surface area contributed by atoms with Crippen LogP contribution in [-0.2, 0) is 0 Å². The SMILES string of the molecule is CC(N)c1ccc(OCCOc2ccc(Br)cc2)c(F)c1. The van der Waals surface area contributed by atoms with Crippen LogP contribution >= 0.6 is 15.9 Å². The van der Waals surface area contributed by atoms with Gasteiger partial charge in [-0.1, -0.05) is 22.0 Å². The maximum absolute atomic E-state index is 13.8. The van der Waals surface area contributed by atoms with Gasteiger partial charge in [-0.25, -0.2) is 4.39 Å². The Morgan fingerprint density at radius 1 is 1.10 bits per heavy atom. The zero-order valence-corrected chi connectivity index (χ0v) is 13.3. The van der Waals surface area contributed by atoms with Crippen LogP contribution in [0.15, 0.2) is 46.9 Å². The van der Waals surface area contributed by atoms with Gasteiger partial charge in [-0.05, 0) is 48.9 Å². The zero-order chi connectivity index (χ0) is 15.2. The van der Waals surface area contributed by atoms with Crippen LogP contribution in [0, 0.1) is 5.82 Å². The van der Waals surface area contributed by atoms with Crippen LogP contribution in [-0.4, -0.2) is 13.2 Å².